The van der Waals surface area contributed by atoms with Gasteiger partial charge in [0.05, 0.1) is 0 Å². The number of aliphatic carboxylic acids is 1. The number of amides is 2. The molecule has 144 valence electrons. The smallest absolute Gasteiger partial charge is 0.339 e. The van der Waals surface area contributed by atoms with E-state index in [0.717, 1.165) is 24.4 Å². The van der Waals surface area contributed by atoms with E-state index >= 15 is 0 Å². The summed E-state index contributed by atoms with van der Waals surface area (Å²) in [5.74, 6) is 1.76. The molecule has 4 atom stereocenters. The van der Waals surface area contributed by atoms with E-state index in [2.05, 4.69) is 28.0 Å². The van der Waals surface area contributed by atoms with Crippen LogP contribution in [-0.2, 0) is 4.79 Å². The number of carbonyl (C=O) groups excluding carboxylic acids is 1. The number of carbonyl (C=O) groups is 2. The first-order chi connectivity index (χ1) is 13.1. The number of hydrogen-bond acceptors (Lipinski definition) is 3. The zero-order chi connectivity index (χ0) is 19.1. The van der Waals surface area contributed by atoms with Crippen LogP contribution in [0.1, 0.15) is 38.5 Å². The molecule has 0 bridgehead atoms. The van der Waals surface area contributed by atoms with Gasteiger partial charge in [0.2, 0.25) is 0 Å². The standard InChI is InChI=1S/C21H27N3O3/c25-20(26)11-7-2-1-6-10-16-17-12-13-18(17)19(16)14-22-24-21(27)23-15-8-4-3-5-9-15/h1,3-6,8-9,14,16-19H,2,7,10-13H2,(H,25,26)(H2,23,24,27)/b6-1-,22-14+/t16-,17?,18?,19+/m0/s1. The second-order valence-electron chi connectivity index (χ2n) is 7.35. The van der Waals surface area contributed by atoms with Crippen LogP contribution < -0.4 is 10.7 Å². The summed E-state index contributed by atoms with van der Waals surface area (Å²) >= 11 is 0. The highest BCUT2D eigenvalue weighted by atomic mass is 16.4. The fraction of sp³-hybridized carbons (Fsp3) is 0.476. The summed E-state index contributed by atoms with van der Waals surface area (Å²) in [6.45, 7) is 0. The molecule has 0 spiro atoms. The van der Waals surface area contributed by atoms with Crippen LogP contribution >= 0.6 is 0 Å². The second-order valence-corrected chi connectivity index (χ2v) is 7.35. The van der Waals surface area contributed by atoms with Gasteiger partial charge in [-0.05, 0) is 62.0 Å². The Balaban J connectivity index is 1.40. The van der Waals surface area contributed by atoms with Crippen molar-refractivity contribution < 1.29 is 14.7 Å². The van der Waals surface area contributed by atoms with Gasteiger partial charge in [-0.25, -0.2) is 10.2 Å². The molecule has 2 saturated carbocycles. The Morgan fingerprint density at radius 1 is 1.15 bits per heavy atom. The Hall–Kier alpha value is -2.63. The SMILES string of the molecule is O=C(O)CCC/C=C\C[C@H]1C2CCC2[C@@H]1/C=N/NC(=O)Nc1ccccc1. The number of nitrogens with one attached hydrogen (secondary N) is 2. The van der Waals surface area contributed by atoms with Gasteiger partial charge in [-0.15, -0.1) is 0 Å². The summed E-state index contributed by atoms with van der Waals surface area (Å²) in [5.41, 5.74) is 3.29. The highest BCUT2D eigenvalue weighted by Gasteiger charge is 2.53. The molecule has 2 aliphatic rings. The lowest BCUT2D eigenvalue weighted by Crippen LogP contribution is -2.53. The average molecular weight is 369 g/mol. The van der Waals surface area contributed by atoms with E-state index in [-0.39, 0.29) is 12.5 Å². The topological polar surface area (TPSA) is 90.8 Å². The first kappa shape index (κ1) is 19.1. The number of nitrogens with zero attached hydrogens (tertiary/aromatic N) is 1. The molecule has 3 N–H and O–H groups in total. The number of carboxylic acid groups (broad SMARTS) is 1. The van der Waals surface area contributed by atoms with Gasteiger partial charge in [0.1, 0.15) is 0 Å². The molecule has 3 rings (SSSR count). The monoisotopic (exact) mass is 369 g/mol. The maximum Gasteiger partial charge on any atom is 0.339 e. The third kappa shape index (κ3) is 5.18. The van der Waals surface area contributed by atoms with Crippen molar-refractivity contribution in [2.75, 3.05) is 5.32 Å². The maximum atomic E-state index is 11.9. The van der Waals surface area contributed by atoms with Crippen molar-refractivity contribution in [3.05, 3.63) is 42.5 Å². The van der Waals surface area contributed by atoms with Crippen LogP contribution in [0, 0.1) is 23.7 Å². The summed E-state index contributed by atoms with van der Waals surface area (Å²) in [4.78, 5) is 22.4. The van der Waals surface area contributed by atoms with E-state index in [1.807, 2.05) is 36.5 Å². The number of unbranched alkanes of at least 4 members (excludes halogenated alkanes) is 1. The fourth-order valence-electron chi connectivity index (χ4n) is 4.18. The van der Waals surface area contributed by atoms with E-state index in [1.165, 1.54) is 12.8 Å². The Bertz CT molecular complexity index is 702. The van der Waals surface area contributed by atoms with Crippen LogP contribution in [0.5, 0.6) is 0 Å². The molecule has 0 aliphatic heterocycles. The van der Waals surface area contributed by atoms with Crippen molar-refractivity contribution in [3.63, 3.8) is 0 Å². The van der Waals surface area contributed by atoms with Crippen LogP contribution in [0.2, 0.25) is 0 Å². The molecule has 0 aromatic heterocycles. The number of rotatable bonds is 9. The minimum absolute atomic E-state index is 0.227. The van der Waals surface area contributed by atoms with Crippen molar-refractivity contribution in [1.82, 2.24) is 5.43 Å². The summed E-state index contributed by atoms with van der Waals surface area (Å²) < 4.78 is 0. The minimum atomic E-state index is -0.736. The molecule has 1 aromatic rings. The second kappa shape index (κ2) is 9.35. The Morgan fingerprint density at radius 3 is 2.63 bits per heavy atom. The molecule has 2 fully saturated rings. The number of allylic oxidation sites excluding steroid dienone is 2. The first-order valence-corrected chi connectivity index (χ1v) is 9.67. The third-order valence-corrected chi connectivity index (χ3v) is 5.70. The van der Waals surface area contributed by atoms with Crippen molar-refractivity contribution in [1.29, 1.82) is 0 Å². The van der Waals surface area contributed by atoms with Crippen molar-refractivity contribution in [2.24, 2.45) is 28.8 Å². The fourth-order valence-corrected chi connectivity index (χ4v) is 4.18. The van der Waals surface area contributed by atoms with Crippen LogP contribution in [0.4, 0.5) is 10.5 Å². The van der Waals surface area contributed by atoms with E-state index in [9.17, 15) is 9.59 Å². The zero-order valence-corrected chi connectivity index (χ0v) is 15.4. The third-order valence-electron chi connectivity index (χ3n) is 5.70. The van der Waals surface area contributed by atoms with Crippen molar-refractivity contribution in [2.45, 2.75) is 38.5 Å². The number of carboxylic acids is 1. The number of hydrogen-bond donors (Lipinski definition) is 3. The zero-order valence-electron chi connectivity index (χ0n) is 15.4. The van der Waals surface area contributed by atoms with Gasteiger partial charge in [0.15, 0.2) is 0 Å². The molecule has 6 heteroatoms. The summed E-state index contributed by atoms with van der Waals surface area (Å²) in [5, 5.41) is 15.5. The Morgan fingerprint density at radius 2 is 1.93 bits per heavy atom. The summed E-state index contributed by atoms with van der Waals surface area (Å²) in [6, 6.07) is 8.94. The quantitative estimate of drug-likeness (QED) is 0.263. The van der Waals surface area contributed by atoms with Crippen LogP contribution in [0.25, 0.3) is 0 Å². The minimum Gasteiger partial charge on any atom is -0.481 e. The van der Waals surface area contributed by atoms with Crippen molar-refractivity contribution >= 4 is 23.9 Å². The molecule has 2 aliphatic carbocycles. The highest BCUT2D eigenvalue weighted by Crippen LogP contribution is 2.58. The largest absolute Gasteiger partial charge is 0.481 e. The van der Waals surface area contributed by atoms with Gasteiger partial charge >= 0.3 is 12.0 Å². The number of urea groups is 1. The van der Waals surface area contributed by atoms with Gasteiger partial charge in [-0.1, -0.05) is 30.4 Å². The Kier molecular flexibility index (Phi) is 6.63. The number of fused-ring (bicyclic) bond motifs is 1. The molecule has 0 radical (unpaired) electrons. The molecule has 0 saturated heterocycles. The summed E-state index contributed by atoms with van der Waals surface area (Å²) in [6.07, 6.45) is 11.4. The molecule has 0 heterocycles. The number of benzene rings is 1. The molecular weight excluding hydrogens is 342 g/mol. The van der Waals surface area contributed by atoms with Crippen molar-refractivity contribution in [3.8, 4) is 0 Å². The lowest BCUT2D eigenvalue weighted by molar-refractivity contribution is -0.137. The number of anilines is 1. The van der Waals surface area contributed by atoms with Gasteiger partial charge < -0.3 is 10.4 Å². The van der Waals surface area contributed by atoms with Crippen LogP contribution in [0.3, 0.4) is 0 Å². The Labute approximate surface area is 159 Å². The average Bonchev–Trinajstić information content (AvgIpc) is 2.62. The predicted octanol–water partition coefficient (Wildman–Crippen LogP) is 4.27. The number of para-hydroxylation sites is 1. The summed E-state index contributed by atoms with van der Waals surface area (Å²) in [7, 11) is 0. The molecule has 27 heavy (non-hydrogen) atoms. The number of hydrazone groups is 1. The van der Waals surface area contributed by atoms with Gasteiger partial charge in [-0.3, -0.25) is 4.79 Å². The van der Waals surface area contributed by atoms with E-state index in [1.54, 1.807) is 0 Å². The lowest BCUT2D eigenvalue weighted by atomic mass is 9.46. The van der Waals surface area contributed by atoms with Crippen LogP contribution in [-0.4, -0.2) is 23.3 Å². The van der Waals surface area contributed by atoms with E-state index < -0.39 is 5.97 Å². The van der Waals surface area contributed by atoms with E-state index in [4.69, 9.17) is 5.11 Å². The first-order valence-electron chi connectivity index (χ1n) is 9.67. The van der Waals surface area contributed by atoms with Gasteiger partial charge in [-0.2, -0.15) is 5.10 Å². The maximum absolute atomic E-state index is 11.9. The van der Waals surface area contributed by atoms with E-state index in [0.29, 0.717) is 24.2 Å². The van der Waals surface area contributed by atoms with Crippen LogP contribution in [0.15, 0.2) is 47.6 Å². The lowest BCUT2D eigenvalue weighted by Gasteiger charge is -2.58. The predicted molar refractivity (Wildman–Crippen MR) is 106 cm³/mol. The molecule has 2 unspecified atom stereocenters. The molecular formula is C21H27N3O3. The molecule has 1 aromatic carbocycles. The molecule has 6 nitrogen and oxygen atoms in total. The molecule has 2 amide bonds. The highest BCUT2D eigenvalue weighted by molar-refractivity contribution is 5.89. The van der Waals surface area contributed by atoms with Gasteiger partial charge in [0.25, 0.3) is 0 Å². The normalized spacial score (nSPS) is 26.2. The van der Waals surface area contributed by atoms with Gasteiger partial charge in [0, 0.05) is 24.2 Å².